The Morgan fingerprint density at radius 2 is 2.56 bits per heavy atom. The van der Waals surface area contributed by atoms with Crippen LogP contribution in [0.4, 0.5) is 0 Å². The average Bonchev–Trinajstić information content (AvgIpc) is 1.79. The Morgan fingerprint density at radius 1 is 1.89 bits per heavy atom. The van der Waals surface area contributed by atoms with Gasteiger partial charge in [0.15, 0.2) is 0 Å². The zero-order chi connectivity index (χ0) is 6.85. The molecule has 1 fully saturated rings. The molecule has 1 aliphatic rings. The number of rotatable bonds is 2. The highest BCUT2D eigenvalue weighted by Crippen LogP contribution is 2.09. The van der Waals surface area contributed by atoms with E-state index < -0.39 is 0 Å². The molecule has 3 heteroatoms. The van der Waals surface area contributed by atoms with Gasteiger partial charge in [-0.05, 0) is 0 Å². The molecule has 0 aromatic rings. The highest BCUT2D eigenvalue weighted by molar-refractivity contribution is 7.80. The van der Waals surface area contributed by atoms with Gasteiger partial charge < -0.3 is 4.90 Å². The topological polar surface area (TPSA) is 20.3 Å². The molecule has 1 aliphatic heterocycles. The molecule has 1 unspecified atom stereocenters. The zero-order valence-electron chi connectivity index (χ0n) is 5.50. The molecule has 1 saturated heterocycles. The van der Waals surface area contributed by atoms with Crippen molar-refractivity contribution in [2.24, 2.45) is 0 Å². The first-order valence-electron chi connectivity index (χ1n) is 3.16. The van der Waals surface area contributed by atoms with E-state index in [4.69, 9.17) is 0 Å². The molecule has 0 bridgehead atoms. The Labute approximate surface area is 60.6 Å². The van der Waals surface area contributed by atoms with E-state index in [-0.39, 0.29) is 5.91 Å². The van der Waals surface area contributed by atoms with Crippen LogP contribution in [-0.2, 0) is 4.79 Å². The Bertz CT molecular complexity index is 124. The van der Waals surface area contributed by atoms with Crippen LogP contribution < -0.4 is 0 Å². The smallest absolute Gasteiger partial charge is 0.224 e. The standard InChI is InChI=1S/C6H11NOS/c1-5(9)4-7-3-2-6(7)8/h5,9H,2-4H2,1H3. The van der Waals surface area contributed by atoms with Crippen LogP contribution in [0.2, 0.25) is 0 Å². The number of hydrogen-bond donors (Lipinski definition) is 1. The van der Waals surface area contributed by atoms with Crippen molar-refractivity contribution in [1.29, 1.82) is 0 Å². The lowest BCUT2D eigenvalue weighted by molar-refractivity contribution is -0.139. The Kier molecular flexibility index (Phi) is 2.01. The average molecular weight is 145 g/mol. The van der Waals surface area contributed by atoms with Crippen LogP contribution in [0.5, 0.6) is 0 Å². The monoisotopic (exact) mass is 145 g/mol. The molecule has 0 N–H and O–H groups in total. The summed E-state index contributed by atoms with van der Waals surface area (Å²) in [6, 6.07) is 0. The van der Waals surface area contributed by atoms with E-state index in [1.807, 2.05) is 11.8 Å². The molecule has 9 heavy (non-hydrogen) atoms. The van der Waals surface area contributed by atoms with Gasteiger partial charge >= 0.3 is 0 Å². The van der Waals surface area contributed by atoms with E-state index in [9.17, 15) is 4.79 Å². The van der Waals surface area contributed by atoms with Gasteiger partial charge in [0.2, 0.25) is 5.91 Å². The summed E-state index contributed by atoms with van der Waals surface area (Å²) in [6.07, 6.45) is 0.737. The van der Waals surface area contributed by atoms with Gasteiger partial charge in [-0.1, -0.05) is 6.92 Å². The maximum Gasteiger partial charge on any atom is 0.224 e. The van der Waals surface area contributed by atoms with E-state index in [0.717, 1.165) is 19.5 Å². The summed E-state index contributed by atoms with van der Waals surface area (Å²) in [5.74, 6) is 0.274. The predicted octanol–water partition coefficient (Wildman–Crippen LogP) is 0.537. The van der Waals surface area contributed by atoms with Gasteiger partial charge in [0.05, 0.1) is 0 Å². The normalized spacial score (nSPS) is 21.6. The fourth-order valence-corrected chi connectivity index (χ4v) is 1.07. The molecule has 0 aromatic heterocycles. The van der Waals surface area contributed by atoms with E-state index in [0.29, 0.717) is 5.25 Å². The van der Waals surface area contributed by atoms with Gasteiger partial charge in [-0.2, -0.15) is 12.6 Å². The van der Waals surface area contributed by atoms with Crippen LogP contribution in [0.1, 0.15) is 13.3 Å². The molecule has 1 heterocycles. The molecule has 0 aromatic carbocycles. The van der Waals surface area contributed by atoms with Gasteiger partial charge in [-0.15, -0.1) is 0 Å². The molecule has 0 saturated carbocycles. The minimum Gasteiger partial charge on any atom is -0.341 e. The second kappa shape index (κ2) is 2.60. The van der Waals surface area contributed by atoms with Crippen LogP contribution >= 0.6 is 12.6 Å². The van der Waals surface area contributed by atoms with Crippen LogP contribution in [0.3, 0.4) is 0 Å². The number of β-lactam (4-membered cyclic amide) rings is 1. The molecule has 2 nitrogen and oxygen atoms in total. The molecule has 0 radical (unpaired) electrons. The van der Waals surface area contributed by atoms with Crippen LogP contribution in [0, 0.1) is 0 Å². The second-order valence-corrected chi connectivity index (χ2v) is 3.32. The van der Waals surface area contributed by atoms with Crippen LogP contribution in [0.25, 0.3) is 0 Å². The molecule has 52 valence electrons. The zero-order valence-corrected chi connectivity index (χ0v) is 6.40. The number of carbonyl (C=O) groups excluding carboxylic acids is 1. The third-order valence-corrected chi connectivity index (χ3v) is 1.60. The van der Waals surface area contributed by atoms with Crippen molar-refractivity contribution in [3.63, 3.8) is 0 Å². The highest BCUT2D eigenvalue weighted by atomic mass is 32.1. The minimum absolute atomic E-state index is 0.274. The quantitative estimate of drug-likeness (QED) is 0.444. The summed E-state index contributed by atoms with van der Waals surface area (Å²) < 4.78 is 0. The molecular formula is C6H11NOS. The predicted molar refractivity (Wildman–Crippen MR) is 39.6 cm³/mol. The molecule has 1 atom stereocenters. The first-order chi connectivity index (χ1) is 4.20. The Balaban J connectivity index is 2.21. The van der Waals surface area contributed by atoms with Gasteiger partial charge in [-0.3, -0.25) is 4.79 Å². The van der Waals surface area contributed by atoms with Gasteiger partial charge in [-0.25, -0.2) is 0 Å². The molecule has 1 rings (SSSR count). The maximum absolute atomic E-state index is 10.7. The molecule has 0 spiro atoms. The lowest BCUT2D eigenvalue weighted by Gasteiger charge is -2.31. The lowest BCUT2D eigenvalue weighted by Crippen LogP contribution is -2.45. The SMILES string of the molecule is CC(S)CN1CCC1=O. The van der Waals surface area contributed by atoms with Gasteiger partial charge in [0, 0.05) is 24.8 Å². The number of hydrogen-bond acceptors (Lipinski definition) is 2. The van der Waals surface area contributed by atoms with Crippen LogP contribution in [-0.4, -0.2) is 29.1 Å². The fourth-order valence-electron chi connectivity index (χ4n) is 0.873. The molecular weight excluding hydrogens is 134 g/mol. The Morgan fingerprint density at radius 3 is 2.67 bits per heavy atom. The highest BCUT2D eigenvalue weighted by Gasteiger charge is 2.23. The van der Waals surface area contributed by atoms with Crippen LogP contribution in [0.15, 0.2) is 0 Å². The van der Waals surface area contributed by atoms with Gasteiger partial charge in [0.25, 0.3) is 0 Å². The number of likely N-dealkylation sites (tertiary alicyclic amines) is 1. The third kappa shape index (κ3) is 1.61. The summed E-state index contributed by atoms with van der Waals surface area (Å²) >= 11 is 4.17. The van der Waals surface area contributed by atoms with Crippen molar-refractivity contribution < 1.29 is 4.79 Å². The first-order valence-corrected chi connectivity index (χ1v) is 3.67. The summed E-state index contributed by atoms with van der Waals surface area (Å²) in [5.41, 5.74) is 0. The van der Waals surface area contributed by atoms with E-state index in [1.165, 1.54) is 0 Å². The van der Waals surface area contributed by atoms with Gasteiger partial charge in [0.1, 0.15) is 0 Å². The molecule has 1 amide bonds. The molecule has 0 aliphatic carbocycles. The third-order valence-electron chi connectivity index (χ3n) is 1.43. The first kappa shape index (κ1) is 6.93. The lowest BCUT2D eigenvalue weighted by atomic mass is 10.2. The fraction of sp³-hybridized carbons (Fsp3) is 0.833. The van der Waals surface area contributed by atoms with E-state index in [2.05, 4.69) is 12.6 Å². The largest absolute Gasteiger partial charge is 0.341 e. The van der Waals surface area contributed by atoms with Crippen molar-refractivity contribution in [3.8, 4) is 0 Å². The maximum atomic E-state index is 10.7. The van der Waals surface area contributed by atoms with Crippen molar-refractivity contribution in [3.05, 3.63) is 0 Å². The number of amides is 1. The van der Waals surface area contributed by atoms with Crippen molar-refractivity contribution in [2.45, 2.75) is 18.6 Å². The van der Waals surface area contributed by atoms with Crippen molar-refractivity contribution in [1.82, 2.24) is 4.90 Å². The second-order valence-electron chi connectivity index (χ2n) is 2.44. The number of nitrogens with zero attached hydrogens (tertiary/aromatic N) is 1. The number of thiol groups is 1. The minimum atomic E-state index is 0.274. The number of carbonyl (C=O) groups is 1. The Hall–Kier alpha value is -0.180. The summed E-state index contributed by atoms with van der Waals surface area (Å²) in [7, 11) is 0. The summed E-state index contributed by atoms with van der Waals surface area (Å²) in [5, 5.41) is 0.314. The summed E-state index contributed by atoms with van der Waals surface area (Å²) in [4.78, 5) is 12.5. The van der Waals surface area contributed by atoms with E-state index >= 15 is 0 Å². The van der Waals surface area contributed by atoms with E-state index in [1.54, 1.807) is 0 Å². The summed E-state index contributed by atoms with van der Waals surface area (Å²) in [6.45, 7) is 3.74. The van der Waals surface area contributed by atoms with Crippen molar-refractivity contribution >= 4 is 18.5 Å². The van der Waals surface area contributed by atoms with Crippen molar-refractivity contribution in [2.75, 3.05) is 13.1 Å².